The van der Waals surface area contributed by atoms with E-state index in [1.54, 1.807) is 19.9 Å². The van der Waals surface area contributed by atoms with Crippen LogP contribution in [0.5, 0.6) is 0 Å². The van der Waals surface area contributed by atoms with Crippen LogP contribution in [0, 0.1) is 0 Å². The second-order valence-corrected chi connectivity index (χ2v) is 6.20. The maximum Gasteiger partial charge on any atom is 0.416 e. The molecule has 1 heterocycles. The van der Waals surface area contributed by atoms with Crippen molar-refractivity contribution in [1.82, 2.24) is 10.6 Å². The van der Waals surface area contributed by atoms with E-state index in [0.29, 0.717) is 5.56 Å². The van der Waals surface area contributed by atoms with E-state index in [2.05, 4.69) is 10.6 Å². The Bertz CT molecular complexity index is 534. The molecule has 1 aromatic rings. The summed E-state index contributed by atoms with van der Waals surface area (Å²) >= 11 is 0. The van der Waals surface area contributed by atoms with Gasteiger partial charge in [-0.3, -0.25) is 4.79 Å². The van der Waals surface area contributed by atoms with Crippen LogP contribution in [0.3, 0.4) is 0 Å². The third-order valence-electron chi connectivity index (χ3n) is 4.15. The van der Waals surface area contributed by atoms with Crippen LogP contribution in [-0.2, 0) is 16.4 Å². The van der Waals surface area contributed by atoms with Gasteiger partial charge in [0.05, 0.1) is 11.0 Å². The van der Waals surface area contributed by atoms with Crippen molar-refractivity contribution in [3.8, 4) is 0 Å². The molecular weight excluding hydrogens is 293 g/mol. The summed E-state index contributed by atoms with van der Waals surface area (Å²) in [6.07, 6.45) is -2.73. The van der Waals surface area contributed by atoms with Crippen LogP contribution < -0.4 is 10.6 Å². The second-order valence-electron chi connectivity index (χ2n) is 6.20. The average molecular weight is 314 g/mol. The number of piperidine rings is 1. The van der Waals surface area contributed by atoms with Crippen LogP contribution in [0.4, 0.5) is 13.2 Å². The maximum atomic E-state index is 12.8. The van der Waals surface area contributed by atoms with E-state index >= 15 is 0 Å². The Morgan fingerprint density at radius 2 is 1.77 bits per heavy atom. The number of hydrogen-bond donors (Lipinski definition) is 2. The number of amides is 1. The molecule has 0 saturated carbocycles. The quantitative estimate of drug-likeness (QED) is 0.901. The van der Waals surface area contributed by atoms with Gasteiger partial charge in [-0.25, -0.2) is 0 Å². The van der Waals surface area contributed by atoms with E-state index in [-0.39, 0.29) is 11.9 Å². The first kappa shape index (κ1) is 16.8. The molecule has 0 spiro atoms. The standard InChI is InChI=1S/C16H21F3N2O/c1-15(2,14(22)21-13-6-8-20-9-7-13)11-4-3-5-12(10-11)16(17,18)19/h3-5,10,13,20H,6-9H2,1-2H3,(H,21,22). The van der Waals surface area contributed by atoms with Gasteiger partial charge in [0.15, 0.2) is 0 Å². The van der Waals surface area contributed by atoms with Crippen molar-refractivity contribution in [3.63, 3.8) is 0 Å². The summed E-state index contributed by atoms with van der Waals surface area (Å²) in [6, 6.07) is 5.07. The molecule has 122 valence electrons. The lowest BCUT2D eigenvalue weighted by Gasteiger charge is -2.30. The minimum absolute atomic E-state index is 0.0822. The molecule has 2 N–H and O–H groups in total. The fraction of sp³-hybridized carbons (Fsp3) is 0.562. The molecular formula is C16H21F3N2O. The second kappa shape index (κ2) is 6.28. The number of alkyl halides is 3. The number of carbonyl (C=O) groups excluding carboxylic acids is 1. The van der Waals surface area contributed by atoms with Crippen molar-refractivity contribution in [2.24, 2.45) is 0 Å². The van der Waals surface area contributed by atoms with E-state index < -0.39 is 17.2 Å². The highest BCUT2D eigenvalue weighted by Crippen LogP contribution is 2.33. The first-order chi connectivity index (χ1) is 10.2. The zero-order chi connectivity index (χ0) is 16.4. The highest BCUT2D eigenvalue weighted by Gasteiger charge is 2.35. The number of nitrogens with one attached hydrogen (secondary N) is 2. The van der Waals surface area contributed by atoms with Crippen molar-refractivity contribution in [2.45, 2.75) is 44.3 Å². The van der Waals surface area contributed by atoms with E-state index in [9.17, 15) is 18.0 Å². The summed E-state index contributed by atoms with van der Waals surface area (Å²) in [5, 5.41) is 6.16. The highest BCUT2D eigenvalue weighted by atomic mass is 19.4. The zero-order valence-corrected chi connectivity index (χ0v) is 12.8. The van der Waals surface area contributed by atoms with Crippen LogP contribution in [0.1, 0.15) is 37.8 Å². The van der Waals surface area contributed by atoms with Crippen LogP contribution >= 0.6 is 0 Å². The molecule has 1 aliphatic rings. The van der Waals surface area contributed by atoms with Gasteiger partial charge in [0.25, 0.3) is 0 Å². The summed E-state index contributed by atoms with van der Waals surface area (Å²) in [5.74, 6) is -0.237. The average Bonchev–Trinajstić information content (AvgIpc) is 2.47. The van der Waals surface area contributed by atoms with Crippen molar-refractivity contribution >= 4 is 5.91 Å². The number of rotatable bonds is 3. The van der Waals surface area contributed by atoms with Gasteiger partial charge >= 0.3 is 6.18 Å². The smallest absolute Gasteiger partial charge is 0.353 e. The molecule has 1 fully saturated rings. The third-order valence-corrected chi connectivity index (χ3v) is 4.15. The Morgan fingerprint density at radius 3 is 2.36 bits per heavy atom. The van der Waals surface area contributed by atoms with Gasteiger partial charge in [0, 0.05) is 6.04 Å². The van der Waals surface area contributed by atoms with Crippen LogP contribution in [-0.4, -0.2) is 25.0 Å². The Morgan fingerprint density at radius 1 is 1.18 bits per heavy atom. The molecule has 0 aliphatic carbocycles. The lowest BCUT2D eigenvalue weighted by Crippen LogP contribution is -2.48. The number of halogens is 3. The summed E-state index contributed by atoms with van der Waals surface area (Å²) < 4.78 is 38.5. The molecule has 1 saturated heterocycles. The van der Waals surface area contributed by atoms with E-state index in [1.165, 1.54) is 6.07 Å². The fourth-order valence-electron chi connectivity index (χ4n) is 2.55. The fourth-order valence-corrected chi connectivity index (χ4v) is 2.55. The summed E-state index contributed by atoms with van der Waals surface area (Å²) in [4.78, 5) is 12.5. The van der Waals surface area contributed by atoms with Gasteiger partial charge in [0.1, 0.15) is 0 Å². The normalized spacial score (nSPS) is 17.3. The van der Waals surface area contributed by atoms with Crippen molar-refractivity contribution in [1.29, 1.82) is 0 Å². The Labute approximate surface area is 128 Å². The number of benzene rings is 1. The zero-order valence-electron chi connectivity index (χ0n) is 12.8. The van der Waals surface area contributed by atoms with Crippen LogP contribution in [0.2, 0.25) is 0 Å². The molecule has 0 aromatic heterocycles. The van der Waals surface area contributed by atoms with Gasteiger partial charge in [-0.1, -0.05) is 18.2 Å². The molecule has 0 atom stereocenters. The summed E-state index contributed by atoms with van der Waals surface area (Å²) in [6.45, 7) is 4.99. The monoisotopic (exact) mass is 314 g/mol. The first-order valence-corrected chi connectivity index (χ1v) is 7.40. The molecule has 3 nitrogen and oxygen atoms in total. The van der Waals surface area contributed by atoms with Crippen molar-refractivity contribution in [2.75, 3.05) is 13.1 Å². The minimum Gasteiger partial charge on any atom is -0.353 e. The van der Waals surface area contributed by atoms with E-state index in [1.807, 2.05) is 0 Å². The largest absolute Gasteiger partial charge is 0.416 e. The lowest BCUT2D eigenvalue weighted by molar-refractivity contribution is -0.138. The van der Waals surface area contributed by atoms with Gasteiger partial charge in [-0.15, -0.1) is 0 Å². The molecule has 2 rings (SSSR count). The number of carbonyl (C=O) groups is 1. The molecule has 1 aromatic carbocycles. The maximum absolute atomic E-state index is 12.8. The molecule has 1 aliphatic heterocycles. The number of hydrogen-bond acceptors (Lipinski definition) is 2. The first-order valence-electron chi connectivity index (χ1n) is 7.40. The molecule has 6 heteroatoms. The SMILES string of the molecule is CC(C)(C(=O)NC1CCNCC1)c1cccc(C(F)(F)F)c1. The van der Waals surface area contributed by atoms with Crippen LogP contribution in [0.25, 0.3) is 0 Å². The van der Waals surface area contributed by atoms with Crippen molar-refractivity contribution in [3.05, 3.63) is 35.4 Å². The van der Waals surface area contributed by atoms with Gasteiger partial charge in [0.2, 0.25) is 5.91 Å². The Balaban J connectivity index is 2.16. The minimum atomic E-state index is -4.41. The summed E-state index contributed by atoms with van der Waals surface area (Å²) in [5.41, 5.74) is -1.37. The van der Waals surface area contributed by atoms with Crippen molar-refractivity contribution < 1.29 is 18.0 Å². The molecule has 1 amide bonds. The van der Waals surface area contributed by atoms with Gasteiger partial charge in [-0.05, 0) is 51.4 Å². The molecule has 0 unspecified atom stereocenters. The third kappa shape index (κ3) is 3.80. The predicted octanol–water partition coefficient (Wildman–Crippen LogP) is 2.85. The molecule has 0 bridgehead atoms. The highest BCUT2D eigenvalue weighted by molar-refractivity contribution is 5.87. The Hall–Kier alpha value is -1.56. The van der Waals surface area contributed by atoms with Gasteiger partial charge < -0.3 is 10.6 Å². The Kier molecular flexibility index (Phi) is 4.80. The topological polar surface area (TPSA) is 41.1 Å². The van der Waals surface area contributed by atoms with E-state index in [4.69, 9.17) is 0 Å². The summed E-state index contributed by atoms with van der Waals surface area (Å²) in [7, 11) is 0. The van der Waals surface area contributed by atoms with Gasteiger partial charge in [-0.2, -0.15) is 13.2 Å². The predicted molar refractivity (Wildman–Crippen MR) is 78.5 cm³/mol. The lowest BCUT2D eigenvalue weighted by atomic mass is 9.82. The van der Waals surface area contributed by atoms with Crippen LogP contribution in [0.15, 0.2) is 24.3 Å². The van der Waals surface area contributed by atoms with E-state index in [0.717, 1.165) is 38.1 Å². The molecule has 22 heavy (non-hydrogen) atoms. The molecule has 0 radical (unpaired) electrons.